The van der Waals surface area contributed by atoms with Crippen molar-refractivity contribution in [1.29, 1.82) is 0 Å². The molecule has 7 heteroatoms. The molecule has 0 aliphatic carbocycles. The summed E-state index contributed by atoms with van der Waals surface area (Å²) in [5.74, 6) is -0.212. The molecule has 0 saturated heterocycles. The van der Waals surface area contributed by atoms with Gasteiger partial charge in [-0.15, -0.1) is 0 Å². The van der Waals surface area contributed by atoms with E-state index in [1.54, 1.807) is 0 Å². The van der Waals surface area contributed by atoms with Crippen LogP contribution in [-0.2, 0) is 6.61 Å². The molecule has 0 aromatic heterocycles. The zero-order valence-corrected chi connectivity index (χ0v) is 12.3. The lowest BCUT2D eigenvalue weighted by Gasteiger charge is -2.09. The predicted octanol–water partition coefficient (Wildman–Crippen LogP) is 4.73. The zero-order valence-electron chi connectivity index (χ0n) is 9.98. The Bertz CT molecular complexity index is 666. The molecule has 0 heterocycles. The highest BCUT2D eigenvalue weighted by molar-refractivity contribution is 9.10. The molecule has 0 saturated carbocycles. The third kappa shape index (κ3) is 3.26. The quantitative estimate of drug-likeness (QED) is 0.585. The lowest BCUT2D eigenvalue weighted by molar-refractivity contribution is -0.385. The summed E-state index contributed by atoms with van der Waals surface area (Å²) in [4.78, 5) is 10.4. The maximum Gasteiger partial charge on any atom is 0.277 e. The van der Waals surface area contributed by atoms with Crippen molar-refractivity contribution in [2.75, 3.05) is 0 Å². The molecule has 0 atom stereocenters. The number of ether oxygens (including phenoxy) is 1. The van der Waals surface area contributed by atoms with Gasteiger partial charge in [0.15, 0.2) is 0 Å². The van der Waals surface area contributed by atoms with E-state index in [9.17, 15) is 14.5 Å². The lowest BCUT2D eigenvalue weighted by Crippen LogP contribution is -2.02. The first-order chi connectivity index (χ1) is 9.49. The van der Waals surface area contributed by atoms with Gasteiger partial charge in [-0.25, -0.2) is 4.39 Å². The van der Waals surface area contributed by atoms with Gasteiger partial charge in [0.05, 0.1) is 20.0 Å². The van der Waals surface area contributed by atoms with Crippen LogP contribution in [0.1, 0.15) is 5.56 Å². The fourth-order valence-corrected chi connectivity index (χ4v) is 2.18. The minimum Gasteiger partial charge on any atom is -0.487 e. The van der Waals surface area contributed by atoms with Crippen LogP contribution in [0.5, 0.6) is 5.75 Å². The van der Waals surface area contributed by atoms with E-state index < -0.39 is 10.7 Å². The Morgan fingerprint density at radius 3 is 2.80 bits per heavy atom. The lowest BCUT2D eigenvalue weighted by atomic mass is 10.2. The van der Waals surface area contributed by atoms with Gasteiger partial charge in [-0.05, 0) is 34.1 Å². The average molecular weight is 361 g/mol. The largest absolute Gasteiger partial charge is 0.487 e. The zero-order chi connectivity index (χ0) is 14.7. The van der Waals surface area contributed by atoms with Crippen molar-refractivity contribution in [2.24, 2.45) is 0 Å². The van der Waals surface area contributed by atoms with Crippen LogP contribution in [0.25, 0.3) is 0 Å². The molecule has 0 spiro atoms. The summed E-state index contributed by atoms with van der Waals surface area (Å²) in [6.07, 6.45) is 0. The molecule has 4 nitrogen and oxygen atoms in total. The Labute approximate surface area is 127 Å². The van der Waals surface area contributed by atoms with Gasteiger partial charge in [0.2, 0.25) is 0 Å². The summed E-state index contributed by atoms with van der Waals surface area (Å²) in [7, 11) is 0. The standard InChI is InChI=1S/C13H8BrClFNO3/c14-10-5-4-8(16)6-13(10)20-7-9-11(15)2-1-3-12(9)17(18)19/h1-6H,7H2. The van der Waals surface area contributed by atoms with Crippen LogP contribution in [0, 0.1) is 15.9 Å². The van der Waals surface area contributed by atoms with Gasteiger partial charge < -0.3 is 4.74 Å². The van der Waals surface area contributed by atoms with Crippen LogP contribution in [0.15, 0.2) is 40.9 Å². The third-order valence-electron chi connectivity index (χ3n) is 2.56. The first-order valence-corrected chi connectivity index (χ1v) is 6.66. The minimum absolute atomic E-state index is 0.127. The number of hydrogen-bond acceptors (Lipinski definition) is 3. The second-order valence-electron chi connectivity index (χ2n) is 3.86. The normalized spacial score (nSPS) is 10.3. The van der Waals surface area contributed by atoms with Crippen LogP contribution in [0.2, 0.25) is 5.02 Å². The topological polar surface area (TPSA) is 52.4 Å². The summed E-state index contributed by atoms with van der Waals surface area (Å²) >= 11 is 9.15. The van der Waals surface area contributed by atoms with E-state index in [1.807, 2.05) is 0 Å². The summed E-state index contributed by atoms with van der Waals surface area (Å²) in [6.45, 7) is -0.127. The highest BCUT2D eigenvalue weighted by atomic mass is 79.9. The van der Waals surface area contributed by atoms with E-state index >= 15 is 0 Å². The highest BCUT2D eigenvalue weighted by Crippen LogP contribution is 2.30. The molecule has 104 valence electrons. The van der Waals surface area contributed by atoms with Crippen molar-refractivity contribution in [3.63, 3.8) is 0 Å². The van der Waals surface area contributed by atoms with Crippen LogP contribution >= 0.6 is 27.5 Å². The van der Waals surface area contributed by atoms with Gasteiger partial charge in [0, 0.05) is 12.1 Å². The minimum atomic E-state index is -0.537. The van der Waals surface area contributed by atoms with Crippen molar-refractivity contribution in [3.8, 4) is 5.75 Å². The number of rotatable bonds is 4. The molecule has 0 unspecified atom stereocenters. The van der Waals surface area contributed by atoms with E-state index in [1.165, 1.54) is 36.4 Å². The molecule has 0 N–H and O–H groups in total. The van der Waals surface area contributed by atoms with Crippen LogP contribution in [0.3, 0.4) is 0 Å². The van der Waals surface area contributed by atoms with E-state index in [-0.39, 0.29) is 28.6 Å². The molecule has 0 bridgehead atoms. The molecule has 0 radical (unpaired) electrons. The Balaban J connectivity index is 2.27. The predicted molar refractivity (Wildman–Crippen MR) is 76.5 cm³/mol. The van der Waals surface area contributed by atoms with Crippen molar-refractivity contribution < 1.29 is 14.1 Å². The Kier molecular flexibility index (Phi) is 4.57. The molecular formula is C13H8BrClFNO3. The van der Waals surface area contributed by atoms with Gasteiger partial charge in [-0.1, -0.05) is 17.7 Å². The Morgan fingerprint density at radius 2 is 2.10 bits per heavy atom. The van der Waals surface area contributed by atoms with Crippen LogP contribution < -0.4 is 4.74 Å². The maximum absolute atomic E-state index is 13.1. The number of hydrogen-bond donors (Lipinski definition) is 0. The SMILES string of the molecule is O=[N+]([O-])c1cccc(Cl)c1COc1cc(F)ccc1Br. The number of benzene rings is 2. The molecule has 0 amide bonds. The molecule has 2 aromatic rings. The summed E-state index contributed by atoms with van der Waals surface area (Å²) in [5, 5.41) is 11.2. The fourth-order valence-electron chi connectivity index (χ4n) is 1.60. The Hall–Kier alpha value is -1.66. The van der Waals surface area contributed by atoms with Gasteiger partial charge in [0.25, 0.3) is 5.69 Å². The third-order valence-corrected chi connectivity index (χ3v) is 3.57. The second-order valence-corrected chi connectivity index (χ2v) is 5.12. The first kappa shape index (κ1) is 14.7. The molecule has 2 aromatic carbocycles. The Morgan fingerprint density at radius 1 is 1.35 bits per heavy atom. The number of nitro groups is 1. The smallest absolute Gasteiger partial charge is 0.277 e. The number of halogens is 3. The van der Waals surface area contributed by atoms with Gasteiger partial charge >= 0.3 is 0 Å². The van der Waals surface area contributed by atoms with Crippen molar-refractivity contribution >= 4 is 33.2 Å². The number of nitrogens with zero attached hydrogens (tertiary/aromatic N) is 1. The summed E-state index contributed by atoms with van der Waals surface area (Å²) in [6, 6.07) is 8.31. The van der Waals surface area contributed by atoms with Gasteiger partial charge in [-0.2, -0.15) is 0 Å². The fraction of sp³-hybridized carbons (Fsp3) is 0.0769. The van der Waals surface area contributed by atoms with Crippen LogP contribution in [0.4, 0.5) is 10.1 Å². The van der Waals surface area contributed by atoms with Crippen LogP contribution in [-0.4, -0.2) is 4.92 Å². The maximum atomic E-state index is 13.1. The average Bonchev–Trinajstić information content (AvgIpc) is 2.40. The molecular weight excluding hydrogens is 353 g/mol. The van der Waals surface area contributed by atoms with Gasteiger partial charge in [-0.3, -0.25) is 10.1 Å². The highest BCUT2D eigenvalue weighted by Gasteiger charge is 2.17. The van der Waals surface area contributed by atoms with E-state index in [4.69, 9.17) is 16.3 Å². The molecule has 0 fully saturated rings. The first-order valence-electron chi connectivity index (χ1n) is 5.48. The molecule has 0 aliphatic rings. The van der Waals surface area contributed by atoms with E-state index in [0.717, 1.165) is 0 Å². The monoisotopic (exact) mass is 359 g/mol. The van der Waals surface area contributed by atoms with E-state index in [0.29, 0.717) is 4.47 Å². The van der Waals surface area contributed by atoms with E-state index in [2.05, 4.69) is 15.9 Å². The van der Waals surface area contributed by atoms with Crippen molar-refractivity contribution in [3.05, 3.63) is 67.4 Å². The second kappa shape index (κ2) is 6.19. The summed E-state index contributed by atoms with van der Waals surface area (Å²) in [5.41, 5.74) is 0.111. The van der Waals surface area contributed by atoms with Gasteiger partial charge in [0.1, 0.15) is 18.2 Å². The van der Waals surface area contributed by atoms with Crippen molar-refractivity contribution in [2.45, 2.75) is 6.61 Å². The summed E-state index contributed by atoms with van der Waals surface area (Å²) < 4.78 is 19.1. The molecule has 0 aliphatic heterocycles. The molecule has 20 heavy (non-hydrogen) atoms. The van der Waals surface area contributed by atoms with Crippen molar-refractivity contribution in [1.82, 2.24) is 0 Å². The molecule has 2 rings (SSSR count). The number of nitro benzene ring substituents is 1.